The van der Waals surface area contributed by atoms with Gasteiger partial charge in [-0.1, -0.05) is 30.2 Å². The van der Waals surface area contributed by atoms with Crippen LogP contribution in [0.5, 0.6) is 0 Å². The van der Waals surface area contributed by atoms with Crippen molar-refractivity contribution in [1.29, 1.82) is 0 Å². The van der Waals surface area contributed by atoms with Gasteiger partial charge < -0.3 is 10.2 Å². The van der Waals surface area contributed by atoms with Crippen LogP contribution < -0.4 is 10.2 Å². The lowest BCUT2D eigenvalue weighted by Crippen LogP contribution is -2.42. The zero-order valence-corrected chi connectivity index (χ0v) is 13.6. The third kappa shape index (κ3) is 3.76. The molecular formula is C15H20Cl2N4. The summed E-state index contributed by atoms with van der Waals surface area (Å²) in [5.74, 6) is 0.762. The largest absolute Gasteiger partial charge is 0.356 e. The molecule has 1 N–H and O–H groups in total. The summed E-state index contributed by atoms with van der Waals surface area (Å²) in [5, 5.41) is 4.02. The second-order valence-corrected chi connectivity index (χ2v) is 5.71. The quantitative estimate of drug-likeness (QED) is 0.939. The van der Waals surface area contributed by atoms with Gasteiger partial charge in [-0.25, -0.2) is 9.97 Å². The summed E-state index contributed by atoms with van der Waals surface area (Å²) in [4.78, 5) is 11.2. The zero-order valence-electron chi connectivity index (χ0n) is 12.1. The fourth-order valence-electron chi connectivity index (χ4n) is 2.71. The first-order valence-electron chi connectivity index (χ1n) is 7.11. The fourth-order valence-corrected chi connectivity index (χ4v) is 2.99. The van der Waals surface area contributed by atoms with E-state index in [0.29, 0.717) is 11.2 Å². The molecule has 0 saturated carbocycles. The molecule has 1 atom stereocenters. The lowest BCUT2D eigenvalue weighted by molar-refractivity contribution is 0.403. The maximum absolute atomic E-state index is 6.28. The van der Waals surface area contributed by atoms with Crippen molar-refractivity contribution in [2.24, 2.45) is 0 Å². The predicted octanol–water partition coefficient (Wildman–Crippen LogP) is 3.28. The molecular weight excluding hydrogens is 307 g/mol. The molecule has 1 aliphatic rings. The fraction of sp³-hybridized carbons (Fsp3) is 0.467. The molecule has 0 aliphatic carbocycles. The average molecular weight is 327 g/mol. The summed E-state index contributed by atoms with van der Waals surface area (Å²) in [6.07, 6.45) is 3.78. The molecule has 1 aliphatic heterocycles. The van der Waals surface area contributed by atoms with E-state index in [-0.39, 0.29) is 12.4 Å². The van der Waals surface area contributed by atoms with Crippen molar-refractivity contribution in [3.63, 3.8) is 0 Å². The number of nitrogens with one attached hydrogen (secondary N) is 1. The van der Waals surface area contributed by atoms with E-state index in [1.54, 1.807) is 0 Å². The van der Waals surface area contributed by atoms with Crippen LogP contribution in [-0.4, -0.2) is 36.1 Å². The van der Waals surface area contributed by atoms with Crippen molar-refractivity contribution in [2.75, 3.05) is 25.0 Å². The van der Waals surface area contributed by atoms with Crippen LogP contribution in [-0.2, 0) is 0 Å². The van der Waals surface area contributed by atoms with Crippen molar-refractivity contribution in [1.82, 2.24) is 15.3 Å². The highest BCUT2D eigenvalue weighted by Gasteiger charge is 2.18. The van der Waals surface area contributed by atoms with Gasteiger partial charge in [0.1, 0.15) is 0 Å². The molecule has 1 unspecified atom stereocenters. The number of likely N-dealkylation sites (N-methyl/N-ethyl adjacent to an activating group) is 1. The van der Waals surface area contributed by atoms with Crippen LogP contribution in [0.4, 0.5) is 5.82 Å². The number of nitrogens with zero attached hydrogens (tertiary/aromatic N) is 3. The van der Waals surface area contributed by atoms with Gasteiger partial charge in [-0.05, 0) is 31.5 Å². The highest BCUT2D eigenvalue weighted by Crippen LogP contribution is 2.24. The number of aromatic nitrogens is 2. The number of para-hydroxylation sites is 2. The van der Waals surface area contributed by atoms with E-state index in [1.807, 2.05) is 31.3 Å². The number of benzene rings is 1. The van der Waals surface area contributed by atoms with Gasteiger partial charge in [-0.2, -0.15) is 0 Å². The van der Waals surface area contributed by atoms with Crippen molar-refractivity contribution in [2.45, 2.75) is 25.3 Å². The third-order valence-corrected chi connectivity index (χ3v) is 4.03. The molecule has 0 amide bonds. The monoisotopic (exact) mass is 326 g/mol. The molecule has 1 aromatic carbocycles. The second-order valence-electron chi connectivity index (χ2n) is 5.35. The Bertz CT molecular complexity index is 599. The van der Waals surface area contributed by atoms with E-state index in [0.717, 1.165) is 29.9 Å². The number of piperidine rings is 1. The molecule has 1 aromatic heterocycles. The van der Waals surface area contributed by atoms with E-state index in [9.17, 15) is 0 Å². The van der Waals surface area contributed by atoms with Gasteiger partial charge >= 0.3 is 0 Å². The van der Waals surface area contributed by atoms with Crippen molar-refractivity contribution < 1.29 is 0 Å². The Kier molecular flexibility index (Phi) is 5.62. The first kappa shape index (κ1) is 16.3. The van der Waals surface area contributed by atoms with Crippen LogP contribution in [0.3, 0.4) is 0 Å². The highest BCUT2D eigenvalue weighted by atomic mass is 35.5. The third-order valence-electron chi connectivity index (χ3n) is 3.78. The number of fused-ring (bicyclic) bond motifs is 1. The van der Waals surface area contributed by atoms with Crippen LogP contribution in [0.2, 0.25) is 5.15 Å². The smallest absolute Gasteiger partial charge is 0.172 e. The molecule has 2 aromatic rings. The van der Waals surface area contributed by atoms with E-state index in [2.05, 4.69) is 20.2 Å². The average Bonchev–Trinajstić information content (AvgIpc) is 2.47. The molecule has 2 heterocycles. The SMILES string of the molecule is CN(CC1CCCCN1)c1nc2ccccc2nc1Cl.Cl. The molecule has 114 valence electrons. The Morgan fingerprint density at radius 3 is 2.62 bits per heavy atom. The topological polar surface area (TPSA) is 41.0 Å². The maximum Gasteiger partial charge on any atom is 0.172 e. The molecule has 0 spiro atoms. The number of anilines is 1. The minimum Gasteiger partial charge on any atom is -0.356 e. The first-order valence-corrected chi connectivity index (χ1v) is 7.48. The van der Waals surface area contributed by atoms with E-state index >= 15 is 0 Å². The van der Waals surface area contributed by atoms with Gasteiger partial charge in [0.05, 0.1) is 11.0 Å². The van der Waals surface area contributed by atoms with E-state index in [1.165, 1.54) is 19.3 Å². The van der Waals surface area contributed by atoms with Crippen LogP contribution in [0, 0.1) is 0 Å². The normalized spacial score (nSPS) is 18.3. The Labute approximate surface area is 136 Å². The van der Waals surface area contributed by atoms with E-state index < -0.39 is 0 Å². The molecule has 1 fully saturated rings. The molecule has 1 saturated heterocycles. The second kappa shape index (κ2) is 7.25. The summed E-state index contributed by atoms with van der Waals surface area (Å²) < 4.78 is 0. The van der Waals surface area contributed by atoms with Gasteiger partial charge in [-0.15, -0.1) is 12.4 Å². The maximum atomic E-state index is 6.28. The standard InChI is InChI=1S/C15H19ClN4.ClH/c1-20(10-11-6-4-5-9-17-11)15-14(16)18-12-7-2-3-8-13(12)19-15;/h2-3,7-8,11,17H,4-6,9-10H2,1H3;1H. The number of hydrogen-bond donors (Lipinski definition) is 1. The molecule has 21 heavy (non-hydrogen) atoms. The van der Waals surface area contributed by atoms with Gasteiger partial charge in [-0.3, -0.25) is 0 Å². The summed E-state index contributed by atoms with van der Waals surface area (Å²) in [5.41, 5.74) is 1.72. The molecule has 0 bridgehead atoms. The number of rotatable bonds is 3. The minimum atomic E-state index is 0. The summed E-state index contributed by atoms with van der Waals surface area (Å²) in [6, 6.07) is 8.33. The number of halogens is 2. The van der Waals surface area contributed by atoms with Crippen molar-refractivity contribution in [3.05, 3.63) is 29.4 Å². The predicted molar refractivity (Wildman–Crippen MR) is 90.7 cm³/mol. The molecule has 0 radical (unpaired) electrons. The lowest BCUT2D eigenvalue weighted by Gasteiger charge is -2.29. The van der Waals surface area contributed by atoms with Crippen LogP contribution in [0.25, 0.3) is 11.0 Å². The van der Waals surface area contributed by atoms with Gasteiger partial charge in [0.2, 0.25) is 0 Å². The van der Waals surface area contributed by atoms with Gasteiger partial charge in [0, 0.05) is 19.6 Å². The zero-order chi connectivity index (χ0) is 13.9. The minimum absolute atomic E-state index is 0. The van der Waals surface area contributed by atoms with Crippen molar-refractivity contribution in [3.8, 4) is 0 Å². The Morgan fingerprint density at radius 2 is 1.95 bits per heavy atom. The number of hydrogen-bond acceptors (Lipinski definition) is 4. The Morgan fingerprint density at radius 1 is 1.24 bits per heavy atom. The molecule has 6 heteroatoms. The lowest BCUT2D eigenvalue weighted by atomic mass is 10.0. The summed E-state index contributed by atoms with van der Waals surface area (Å²) >= 11 is 6.28. The summed E-state index contributed by atoms with van der Waals surface area (Å²) in [6.45, 7) is 2.02. The van der Waals surface area contributed by atoms with Gasteiger partial charge in [0.15, 0.2) is 11.0 Å². The Balaban J connectivity index is 0.00000161. The highest BCUT2D eigenvalue weighted by molar-refractivity contribution is 6.32. The first-order chi connectivity index (χ1) is 9.74. The van der Waals surface area contributed by atoms with Crippen LogP contribution in [0.15, 0.2) is 24.3 Å². The summed E-state index contributed by atoms with van der Waals surface area (Å²) in [7, 11) is 2.03. The van der Waals surface area contributed by atoms with Crippen LogP contribution in [0.1, 0.15) is 19.3 Å². The molecule has 4 nitrogen and oxygen atoms in total. The van der Waals surface area contributed by atoms with E-state index in [4.69, 9.17) is 11.6 Å². The van der Waals surface area contributed by atoms with Gasteiger partial charge in [0.25, 0.3) is 0 Å². The van der Waals surface area contributed by atoms with Crippen LogP contribution >= 0.6 is 24.0 Å². The Hall–Kier alpha value is -1.10. The van der Waals surface area contributed by atoms with Crippen molar-refractivity contribution >= 4 is 40.9 Å². The molecule has 3 rings (SSSR count).